The summed E-state index contributed by atoms with van der Waals surface area (Å²) in [6.07, 6.45) is 4.01. The van der Waals surface area contributed by atoms with E-state index in [1.165, 1.54) is 12.1 Å². The molecule has 1 saturated heterocycles. The molecule has 44 heavy (non-hydrogen) atoms. The highest BCUT2D eigenvalue weighted by molar-refractivity contribution is 5.78. The molecule has 3 aromatic carbocycles. The predicted octanol–water partition coefficient (Wildman–Crippen LogP) is 5.70. The van der Waals surface area contributed by atoms with Crippen molar-refractivity contribution in [2.45, 2.75) is 18.9 Å². The summed E-state index contributed by atoms with van der Waals surface area (Å²) in [5, 5.41) is 11.0. The monoisotopic (exact) mass is 591 g/mol. The second kappa shape index (κ2) is 12.9. The van der Waals surface area contributed by atoms with E-state index in [9.17, 15) is 14.9 Å². The molecule has 10 nitrogen and oxygen atoms in total. The fraction of sp³-hybridized carbons (Fsp3) is 0.235. The van der Waals surface area contributed by atoms with E-state index >= 15 is 0 Å². The Morgan fingerprint density at radius 1 is 0.909 bits per heavy atom. The first-order valence-electron chi connectivity index (χ1n) is 14.5. The van der Waals surface area contributed by atoms with E-state index in [0.717, 1.165) is 22.5 Å². The Morgan fingerprint density at radius 2 is 1.61 bits per heavy atom. The molecule has 224 valence electrons. The van der Waals surface area contributed by atoms with Crippen LogP contribution in [0.5, 0.6) is 11.5 Å². The number of nitrogens with zero attached hydrogens (tertiary/aromatic N) is 5. The van der Waals surface area contributed by atoms with Crippen LogP contribution in [0.4, 0.5) is 11.4 Å². The van der Waals surface area contributed by atoms with E-state index in [4.69, 9.17) is 14.5 Å². The summed E-state index contributed by atoms with van der Waals surface area (Å²) >= 11 is 0. The maximum absolute atomic E-state index is 13.8. The zero-order chi connectivity index (χ0) is 30.5. The molecular weight excluding hydrogens is 558 g/mol. The number of rotatable bonds is 10. The number of carbonyl (C=O) groups excluding carboxylic acids is 1. The quantitative estimate of drug-likeness (QED) is 0.152. The number of fused-ring (bicyclic) bond motifs is 1. The molecule has 0 saturated carbocycles. The van der Waals surface area contributed by atoms with E-state index in [1.807, 2.05) is 88.4 Å². The highest BCUT2D eigenvalue weighted by Gasteiger charge is 2.29. The number of hydrogen-bond donors (Lipinski definition) is 0. The number of pyridine rings is 1. The number of piperazine rings is 1. The summed E-state index contributed by atoms with van der Waals surface area (Å²) in [7, 11) is 1.64. The topological polar surface area (TPSA) is 102 Å². The van der Waals surface area contributed by atoms with Gasteiger partial charge in [0.1, 0.15) is 12.4 Å². The molecule has 2 aromatic heterocycles. The number of ether oxygens (including phenoxy) is 2. The summed E-state index contributed by atoms with van der Waals surface area (Å²) in [6.45, 7) is 2.81. The molecule has 0 spiro atoms. The fourth-order valence-corrected chi connectivity index (χ4v) is 5.74. The number of non-ortho nitro benzene ring substituents is 1. The smallest absolute Gasteiger partial charge is 0.269 e. The highest BCUT2D eigenvalue weighted by Crippen LogP contribution is 2.36. The lowest BCUT2D eigenvalue weighted by atomic mass is 9.91. The third kappa shape index (κ3) is 6.05. The van der Waals surface area contributed by atoms with Gasteiger partial charge in [0.25, 0.3) is 5.69 Å². The summed E-state index contributed by atoms with van der Waals surface area (Å²) in [5.74, 6) is 1.09. The fourth-order valence-electron chi connectivity index (χ4n) is 5.74. The largest absolute Gasteiger partial charge is 0.496 e. The zero-order valence-electron chi connectivity index (χ0n) is 24.4. The van der Waals surface area contributed by atoms with Gasteiger partial charge < -0.3 is 23.7 Å². The van der Waals surface area contributed by atoms with Gasteiger partial charge in [-0.25, -0.2) is 4.98 Å². The van der Waals surface area contributed by atoms with Crippen molar-refractivity contribution in [1.29, 1.82) is 0 Å². The van der Waals surface area contributed by atoms with Gasteiger partial charge in [0.15, 0.2) is 11.4 Å². The Labute approximate surface area is 255 Å². The number of amides is 1. The molecule has 1 aliphatic heterocycles. The molecule has 0 radical (unpaired) electrons. The SMILES string of the molecule is COc1ccccc1C(CC(=O)N1CCN(c2ccc([N+](=O)[O-])cc2)CC1)c1cnc2c(OCc3ccccc3)cccn12. The number of para-hydroxylation sites is 1. The van der Waals surface area contributed by atoms with Gasteiger partial charge in [-0.3, -0.25) is 14.9 Å². The van der Waals surface area contributed by atoms with Crippen LogP contribution in [0.15, 0.2) is 103 Å². The van der Waals surface area contributed by atoms with Crippen molar-refractivity contribution in [2.24, 2.45) is 0 Å². The molecular formula is C34H33N5O5. The minimum Gasteiger partial charge on any atom is -0.496 e. The van der Waals surface area contributed by atoms with Crippen LogP contribution in [0.1, 0.15) is 29.2 Å². The minimum atomic E-state index is -0.402. The van der Waals surface area contributed by atoms with Crippen LogP contribution in [-0.2, 0) is 11.4 Å². The van der Waals surface area contributed by atoms with E-state index in [0.29, 0.717) is 49.9 Å². The summed E-state index contributed by atoms with van der Waals surface area (Å²) in [4.78, 5) is 33.2. The number of nitro benzene ring substituents is 1. The Balaban J connectivity index is 1.23. The van der Waals surface area contributed by atoms with Crippen molar-refractivity contribution in [3.63, 3.8) is 0 Å². The van der Waals surface area contributed by atoms with E-state index < -0.39 is 4.92 Å². The second-order valence-electron chi connectivity index (χ2n) is 10.7. The Morgan fingerprint density at radius 3 is 2.34 bits per heavy atom. The maximum Gasteiger partial charge on any atom is 0.269 e. The predicted molar refractivity (Wildman–Crippen MR) is 167 cm³/mol. The molecule has 1 unspecified atom stereocenters. The summed E-state index contributed by atoms with van der Waals surface area (Å²) in [6, 6.07) is 28.1. The van der Waals surface area contributed by atoms with Crippen LogP contribution in [0, 0.1) is 10.1 Å². The normalized spacial score (nSPS) is 13.9. The van der Waals surface area contributed by atoms with Gasteiger partial charge >= 0.3 is 0 Å². The van der Waals surface area contributed by atoms with Gasteiger partial charge in [0, 0.05) is 74.3 Å². The molecule has 1 amide bonds. The van der Waals surface area contributed by atoms with Crippen molar-refractivity contribution in [3.8, 4) is 11.5 Å². The van der Waals surface area contributed by atoms with Crippen LogP contribution < -0.4 is 14.4 Å². The third-order valence-corrected chi connectivity index (χ3v) is 8.07. The Bertz CT molecular complexity index is 1750. The number of imidazole rings is 1. The number of aromatic nitrogens is 2. The summed E-state index contributed by atoms with van der Waals surface area (Å²) in [5.41, 5.74) is 4.49. The number of anilines is 1. The lowest BCUT2D eigenvalue weighted by Gasteiger charge is -2.36. The minimum absolute atomic E-state index is 0.0377. The standard InChI is InChI=1S/C34H33N5O5/c1-43-31-11-6-5-10-28(31)29(22-33(40)37-20-18-36(19-21-37)26-13-15-27(16-14-26)39(41)42)30-23-35-34-32(12-7-17-38(30)34)44-24-25-8-3-2-4-9-25/h2-17,23,29H,18-22,24H2,1H3. The van der Waals surface area contributed by atoms with Crippen LogP contribution in [0.2, 0.25) is 0 Å². The number of carbonyl (C=O) groups is 1. The molecule has 5 aromatic rings. The van der Waals surface area contributed by atoms with Gasteiger partial charge in [0.2, 0.25) is 5.91 Å². The Kier molecular flexibility index (Phi) is 8.40. The first kappa shape index (κ1) is 28.7. The van der Waals surface area contributed by atoms with Gasteiger partial charge in [-0.1, -0.05) is 48.5 Å². The summed E-state index contributed by atoms with van der Waals surface area (Å²) < 4.78 is 13.9. The van der Waals surface area contributed by atoms with Crippen molar-refractivity contribution in [1.82, 2.24) is 14.3 Å². The average molecular weight is 592 g/mol. The van der Waals surface area contributed by atoms with E-state index in [1.54, 1.807) is 19.2 Å². The van der Waals surface area contributed by atoms with Gasteiger partial charge in [-0.2, -0.15) is 0 Å². The first-order valence-corrected chi connectivity index (χ1v) is 14.5. The van der Waals surface area contributed by atoms with Crippen molar-refractivity contribution >= 4 is 22.9 Å². The molecule has 3 heterocycles. The van der Waals surface area contributed by atoms with Crippen LogP contribution in [0.3, 0.4) is 0 Å². The second-order valence-corrected chi connectivity index (χ2v) is 10.7. The molecule has 10 heteroatoms. The van der Waals surface area contributed by atoms with Crippen LogP contribution in [0.25, 0.3) is 5.65 Å². The van der Waals surface area contributed by atoms with Crippen LogP contribution >= 0.6 is 0 Å². The zero-order valence-corrected chi connectivity index (χ0v) is 24.4. The molecule has 0 aliphatic carbocycles. The van der Waals surface area contributed by atoms with E-state index in [-0.39, 0.29) is 23.9 Å². The number of methoxy groups -OCH3 is 1. The maximum atomic E-state index is 13.8. The lowest BCUT2D eigenvalue weighted by molar-refractivity contribution is -0.384. The van der Waals surface area contributed by atoms with Gasteiger partial charge in [-0.15, -0.1) is 0 Å². The molecule has 6 rings (SSSR count). The molecule has 0 N–H and O–H groups in total. The van der Waals surface area contributed by atoms with Crippen molar-refractivity contribution in [2.75, 3.05) is 38.2 Å². The molecule has 1 atom stereocenters. The highest BCUT2D eigenvalue weighted by atomic mass is 16.6. The van der Waals surface area contributed by atoms with Crippen molar-refractivity contribution in [3.05, 3.63) is 130 Å². The number of hydrogen-bond acceptors (Lipinski definition) is 7. The number of benzene rings is 3. The molecule has 1 fully saturated rings. The molecule has 1 aliphatic rings. The molecule has 0 bridgehead atoms. The number of nitro groups is 1. The van der Waals surface area contributed by atoms with Crippen LogP contribution in [-0.4, -0.2) is 58.4 Å². The van der Waals surface area contributed by atoms with Gasteiger partial charge in [-0.05, 0) is 35.9 Å². The van der Waals surface area contributed by atoms with Gasteiger partial charge in [0.05, 0.1) is 17.7 Å². The first-order chi connectivity index (χ1) is 21.5. The third-order valence-electron chi connectivity index (χ3n) is 8.07. The van der Waals surface area contributed by atoms with E-state index in [2.05, 4.69) is 4.90 Å². The average Bonchev–Trinajstić information content (AvgIpc) is 3.51. The Hall–Kier alpha value is -5.38. The van der Waals surface area contributed by atoms with Crippen molar-refractivity contribution < 1.29 is 19.2 Å². The lowest BCUT2D eigenvalue weighted by Crippen LogP contribution is -2.49.